The highest BCUT2D eigenvalue weighted by Gasteiger charge is 2.09. The molecule has 4 rings (SSSR count). The smallest absolute Gasteiger partial charge is 0.319 e. The van der Waals surface area contributed by atoms with E-state index >= 15 is 0 Å². The molecule has 0 fully saturated rings. The van der Waals surface area contributed by atoms with Gasteiger partial charge >= 0.3 is 6.03 Å². The summed E-state index contributed by atoms with van der Waals surface area (Å²) in [7, 11) is 0. The molecule has 140 valence electrons. The summed E-state index contributed by atoms with van der Waals surface area (Å²) in [5.41, 5.74) is 2.01. The summed E-state index contributed by atoms with van der Waals surface area (Å²) in [6.45, 7) is 0.390. The summed E-state index contributed by atoms with van der Waals surface area (Å²) >= 11 is 0. The van der Waals surface area contributed by atoms with Gasteiger partial charge in [0, 0.05) is 17.8 Å². The van der Waals surface area contributed by atoms with Crippen LogP contribution in [-0.4, -0.2) is 16.2 Å². The number of hydrogen-bond donors (Lipinski definition) is 4. The molecule has 0 aliphatic carbocycles. The molecule has 0 bridgehead atoms. The molecule has 0 saturated heterocycles. The van der Waals surface area contributed by atoms with Crippen molar-refractivity contribution >= 4 is 33.3 Å². The molecule has 0 aliphatic rings. The molecule has 0 heterocycles. The molecule has 5 heteroatoms. The molecule has 5 nitrogen and oxygen atoms in total. The Kier molecular flexibility index (Phi) is 4.93. The number of urea groups is 1. The third kappa shape index (κ3) is 3.67. The standard InChI is InChI=1S/C23H20N2O3/c26-22(27)15-9-11-18(12-10-15)25-23(28)24-14-21-19-7-3-1-5-16(19)13-17-6-2-4-8-20(17)21/h1-13,22,26-27H,14H2,(H2,24,25,28). The Labute approximate surface area is 162 Å². The van der Waals surface area contributed by atoms with Crippen LogP contribution in [0.1, 0.15) is 17.4 Å². The van der Waals surface area contributed by atoms with Crippen molar-refractivity contribution in [3.05, 3.63) is 90.0 Å². The second-order valence-corrected chi connectivity index (χ2v) is 6.60. The average Bonchev–Trinajstić information content (AvgIpc) is 2.71. The van der Waals surface area contributed by atoms with Gasteiger partial charge in [-0.3, -0.25) is 0 Å². The number of carbonyl (C=O) groups excluding carboxylic acids is 1. The second kappa shape index (κ2) is 7.68. The molecule has 2 amide bonds. The number of aliphatic hydroxyl groups excluding tert-OH is 1. The molecule has 0 aromatic heterocycles. The highest BCUT2D eigenvalue weighted by Crippen LogP contribution is 2.28. The van der Waals surface area contributed by atoms with E-state index in [1.807, 2.05) is 24.3 Å². The Morgan fingerprint density at radius 3 is 1.96 bits per heavy atom. The first-order chi connectivity index (χ1) is 13.6. The molecule has 0 spiro atoms. The first-order valence-corrected chi connectivity index (χ1v) is 9.02. The van der Waals surface area contributed by atoms with Gasteiger partial charge in [-0.15, -0.1) is 0 Å². The van der Waals surface area contributed by atoms with E-state index in [9.17, 15) is 4.79 Å². The zero-order valence-corrected chi connectivity index (χ0v) is 15.1. The van der Waals surface area contributed by atoms with Gasteiger partial charge in [0.1, 0.15) is 0 Å². The molecular weight excluding hydrogens is 352 g/mol. The molecule has 0 radical (unpaired) electrons. The van der Waals surface area contributed by atoms with Gasteiger partial charge in [0.05, 0.1) is 0 Å². The third-order valence-corrected chi connectivity index (χ3v) is 4.78. The Morgan fingerprint density at radius 2 is 1.39 bits per heavy atom. The van der Waals surface area contributed by atoms with Crippen molar-refractivity contribution in [2.24, 2.45) is 0 Å². The van der Waals surface area contributed by atoms with Gasteiger partial charge in [-0.25, -0.2) is 4.79 Å². The number of rotatable bonds is 4. The van der Waals surface area contributed by atoms with Gasteiger partial charge < -0.3 is 20.8 Å². The average molecular weight is 372 g/mol. The monoisotopic (exact) mass is 372 g/mol. The van der Waals surface area contributed by atoms with Crippen molar-refractivity contribution in [2.45, 2.75) is 12.8 Å². The maximum absolute atomic E-state index is 12.4. The highest BCUT2D eigenvalue weighted by molar-refractivity contribution is 6.02. The van der Waals surface area contributed by atoms with Gasteiger partial charge in [0.15, 0.2) is 6.29 Å². The lowest BCUT2D eigenvalue weighted by atomic mass is 9.97. The summed E-state index contributed by atoms with van der Waals surface area (Å²) < 4.78 is 0. The van der Waals surface area contributed by atoms with Crippen LogP contribution in [0, 0.1) is 0 Å². The zero-order valence-electron chi connectivity index (χ0n) is 15.1. The highest BCUT2D eigenvalue weighted by atomic mass is 16.5. The topological polar surface area (TPSA) is 81.6 Å². The predicted molar refractivity (Wildman–Crippen MR) is 111 cm³/mol. The van der Waals surface area contributed by atoms with Crippen molar-refractivity contribution in [3.8, 4) is 0 Å². The van der Waals surface area contributed by atoms with E-state index < -0.39 is 6.29 Å². The van der Waals surface area contributed by atoms with E-state index in [0.717, 1.165) is 27.1 Å². The van der Waals surface area contributed by atoms with Gasteiger partial charge in [0.25, 0.3) is 0 Å². The largest absolute Gasteiger partial charge is 0.364 e. The fraction of sp³-hybridized carbons (Fsp3) is 0.0870. The molecule has 4 aromatic rings. The van der Waals surface area contributed by atoms with Crippen molar-refractivity contribution in [1.82, 2.24) is 5.32 Å². The lowest BCUT2D eigenvalue weighted by Crippen LogP contribution is -2.28. The van der Waals surface area contributed by atoms with Crippen molar-refractivity contribution in [1.29, 1.82) is 0 Å². The van der Waals surface area contributed by atoms with E-state index in [1.54, 1.807) is 24.3 Å². The fourth-order valence-corrected chi connectivity index (χ4v) is 3.38. The number of benzene rings is 4. The van der Waals surface area contributed by atoms with Crippen LogP contribution in [0.5, 0.6) is 0 Å². The molecule has 28 heavy (non-hydrogen) atoms. The first-order valence-electron chi connectivity index (χ1n) is 9.02. The van der Waals surface area contributed by atoms with Crippen LogP contribution in [0.2, 0.25) is 0 Å². The van der Waals surface area contributed by atoms with Gasteiger partial charge in [-0.2, -0.15) is 0 Å². The SMILES string of the molecule is O=C(NCc1c2ccccc2cc2ccccc12)Nc1ccc(C(O)O)cc1. The molecule has 4 N–H and O–H groups in total. The van der Waals surface area contributed by atoms with Gasteiger partial charge in [-0.1, -0.05) is 60.7 Å². The van der Waals surface area contributed by atoms with Crippen LogP contribution in [0.4, 0.5) is 10.5 Å². The summed E-state index contributed by atoms with van der Waals surface area (Å²) in [5.74, 6) is 0. The Bertz CT molecular complexity index is 1080. The maximum Gasteiger partial charge on any atom is 0.319 e. The minimum Gasteiger partial charge on any atom is -0.364 e. The molecule has 0 aliphatic heterocycles. The Balaban J connectivity index is 1.55. The molecule has 0 saturated carbocycles. The lowest BCUT2D eigenvalue weighted by molar-refractivity contribution is -0.0424. The normalized spacial score (nSPS) is 11.1. The first kappa shape index (κ1) is 18.0. The number of carbonyl (C=O) groups is 1. The van der Waals surface area contributed by atoms with Gasteiger partial charge in [-0.05, 0) is 45.3 Å². The van der Waals surface area contributed by atoms with Crippen LogP contribution in [-0.2, 0) is 6.54 Å². The summed E-state index contributed by atoms with van der Waals surface area (Å²) in [5, 5.41) is 28.5. The molecular formula is C23H20N2O3. The number of nitrogens with one attached hydrogen (secondary N) is 2. The van der Waals surface area contributed by atoms with Crippen molar-refractivity contribution in [2.75, 3.05) is 5.32 Å². The van der Waals surface area contributed by atoms with Crippen molar-refractivity contribution < 1.29 is 15.0 Å². The Morgan fingerprint density at radius 1 is 0.821 bits per heavy atom. The number of amides is 2. The molecule has 0 atom stereocenters. The van der Waals surface area contributed by atoms with E-state index in [4.69, 9.17) is 10.2 Å². The maximum atomic E-state index is 12.4. The minimum absolute atomic E-state index is 0.325. The van der Waals surface area contributed by atoms with E-state index in [-0.39, 0.29) is 6.03 Å². The summed E-state index contributed by atoms with van der Waals surface area (Å²) in [6, 6.07) is 24.5. The quantitative estimate of drug-likeness (QED) is 0.318. The summed E-state index contributed by atoms with van der Waals surface area (Å²) in [6.07, 6.45) is -1.53. The number of anilines is 1. The van der Waals surface area contributed by atoms with Crippen LogP contribution < -0.4 is 10.6 Å². The third-order valence-electron chi connectivity index (χ3n) is 4.78. The summed E-state index contributed by atoms with van der Waals surface area (Å²) in [4.78, 5) is 12.4. The molecule has 0 unspecified atom stereocenters. The number of aliphatic hydroxyl groups is 2. The lowest BCUT2D eigenvalue weighted by Gasteiger charge is -2.13. The number of hydrogen-bond acceptors (Lipinski definition) is 3. The van der Waals surface area contributed by atoms with E-state index in [1.165, 1.54) is 0 Å². The predicted octanol–water partition coefficient (Wildman–Crippen LogP) is 4.30. The van der Waals surface area contributed by atoms with Crippen LogP contribution >= 0.6 is 0 Å². The molecule has 4 aromatic carbocycles. The van der Waals surface area contributed by atoms with Crippen LogP contribution in [0.15, 0.2) is 78.9 Å². The second-order valence-electron chi connectivity index (χ2n) is 6.60. The van der Waals surface area contributed by atoms with Crippen LogP contribution in [0.3, 0.4) is 0 Å². The minimum atomic E-state index is -1.53. The van der Waals surface area contributed by atoms with E-state index in [0.29, 0.717) is 17.8 Å². The van der Waals surface area contributed by atoms with Crippen LogP contribution in [0.25, 0.3) is 21.5 Å². The van der Waals surface area contributed by atoms with E-state index in [2.05, 4.69) is 41.0 Å². The fourth-order valence-electron chi connectivity index (χ4n) is 3.38. The number of fused-ring (bicyclic) bond motifs is 2. The van der Waals surface area contributed by atoms with Gasteiger partial charge in [0.2, 0.25) is 0 Å². The zero-order chi connectivity index (χ0) is 19.5. The van der Waals surface area contributed by atoms with Crippen molar-refractivity contribution in [3.63, 3.8) is 0 Å². The Hall–Kier alpha value is -3.41.